The van der Waals surface area contributed by atoms with E-state index in [4.69, 9.17) is 47.4 Å². The van der Waals surface area contributed by atoms with E-state index >= 15 is 0 Å². The molecule has 5 atom stereocenters. The number of phenols is 2. The van der Waals surface area contributed by atoms with Gasteiger partial charge in [0.25, 0.3) is 0 Å². The van der Waals surface area contributed by atoms with E-state index < -0.39 is 0 Å². The summed E-state index contributed by atoms with van der Waals surface area (Å²) in [5.74, 6) is 9.13. The number of benzene rings is 10. The van der Waals surface area contributed by atoms with Gasteiger partial charge >= 0.3 is 0 Å². The molecule has 4 radical (unpaired) electrons. The summed E-state index contributed by atoms with van der Waals surface area (Å²) in [4.78, 5) is 12.4. The molecule has 0 spiro atoms. The fourth-order valence-electron chi connectivity index (χ4n) is 20.9. The van der Waals surface area contributed by atoms with Crippen molar-refractivity contribution in [2.24, 2.45) is 0 Å². The van der Waals surface area contributed by atoms with Crippen LogP contribution in [0.15, 0.2) is 140 Å². The van der Waals surface area contributed by atoms with Crippen molar-refractivity contribution in [3.8, 4) is 125 Å². The molecule has 0 aromatic heterocycles. The monoisotopic (exact) mass is 2120 g/mol. The van der Waals surface area contributed by atoms with Crippen molar-refractivity contribution in [2.45, 2.75) is 218 Å². The van der Waals surface area contributed by atoms with E-state index in [2.05, 4.69) is 175 Å². The number of phenolic OH excluding ortho intramolecular Hbond substituents is 2. The van der Waals surface area contributed by atoms with Gasteiger partial charge in [-0.1, -0.05) is 137 Å². The molecule has 0 amide bonds. The Morgan fingerprint density at radius 3 is 0.729 bits per heavy atom. The summed E-state index contributed by atoms with van der Waals surface area (Å²) in [6.07, 6.45) is 10.4. The van der Waals surface area contributed by atoms with Crippen LogP contribution >= 0.6 is 0 Å². The van der Waals surface area contributed by atoms with Gasteiger partial charge in [0, 0.05) is 222 Å². The van der Waals surface area contributed by atoms with Crippen molar-refractivity contribution in [1.29, 1.82) is 0 Å². The number of likely N-dealkylation sites (N-methyl/N-ethyl adjacent to an activating group) is 5. The zero-order valence-corrected chi connectivity index (χ0v) is 85.4. The van der Waals surface area contributed by atoms with Crippen molar-refractivity contribution < 1.29 is 188 Å². The Kier molecular flexibility index (Phi) is 51.8. The van der Waals surface area contributed by atoms with E-state index in [9.17, 15) is 10.2 Å². The zero-order valence-electron chi connectivity index (χ0n) is 74.0. The molecule has 10 aromatic rings. The summed E-state index contributed by atoms with van der Waals surface area (Å²) in [5, 5.41) is 20.6. The molecule has 0 fully saturated rings. The maximum absolute atomic E-state index is 10.3. The summed E-state index contributed by atoms with van der Waals surface area (Å²) in [6, 6.07) is 50.8. The first kappa shape index (κ1) is 125. The second-order valence-electron chi connectivity index (χ2n) is 32.6. The molecule has 0 bridgehead atoms. The van der Waals surface area contributed by atoms with Crippen LogP contribution in [0.1, 0.15) is 237 Å². The molecule has 0 unspecified atom stereocenters. The topological polar surface area (TPSA) is 149 Å². The Labute approximate surface area is 904 Å². The molecule has 0 saturated heterocycles. The fourth-order valence-corrected chi connectivity index (χ4v) is 20.9. The molecule has 5 heterocycles. The average Bonchev–Trinajstić information content (AvgIpc) is 1.02. The van der Waals surface area contributed by atoms with E-state index in [1.807, 2.05) is 46.8 Å². The number of hydrogen-bond donors (Lipinski definition) is 2. The number of fused-ring (bicyclic) bond motifs is 10. The maximum Gasteiger partial charge on any atom is 0.168 e. The largest absolute Gasteiger partial charge is 0.504 e. The van der Waals surface area contributed by atoms with E-state index in [1.54, 1.807) is 47.7 Å². The van der Waals surface area contributed by atoms with Crippen LogP contribution in [-0.4, -0.2) is 171 Å². The van der Waals surface area contributed by atoms with Crippen molar-refractivity contribution >= 4 is 0 Å². The third-order valence-corrected chi connectivity index (χ3v) is 26.3. The SMILES string of the molecule is C.C.C.C.C.C.C.C.C.C.C.CCOc1cc2c3c(c1)-c1c(ccc(O)c1OC)C[C@H]3N(C)CC2.CCOc1cc2c3c(c1)-c1c(ccc(O)c1OC)C[C@H]3N(CC)CC2.CCOc1cc2c3c(c1)-c1c(cccc1OC)C[C@H]3N(C)CC2.CCOc1cc2c3c(c1)-c1c(cccc1OC)C[C@H]3N(C)CC2.CCOc1cc2c3c(c1)-c1c(cccc1OC)C[C@H]3N(C)CC2.[Y].[Y].[Y].[Y]. The second-order valence-corrected chi connectivity index (χ2v) is 32.6. The predicted molar refractivity (Wildman–Crippen MR) is 544 cm³/mol. The van der Waals surface area contributed by atoms with Crippen LogP contribution in [0.4, 0.5) is 0 Å². The van der Waals surface area contributed by atoms with Gasteiger partial charge in [0.05, 0.1) is 68.6 Å². The minimum atomic E-state index is 0. The van der Waals surface area contributed by atoms with Crippen LogP contribution in [0.5, 0.6) is 69.0 Å². The van der Waals surface area contributed by atoms with Crippen LogP contribution in [0.3, 0.4) is 0 Å². The second kappa shape index (κ2) is 55.1. The van der Waals surface area contributed by atoms with Gasteiger partial charge < -0.3 is 57.6 Å². The molecule has 17 nitrogen and oxygen atoms in total. The van der Waals surface area contributed by atoms with E-state index in [-0.39, 0.29) is 224 Å². The molecule has 10 aliphatic rings. The normalized spacial score (nSPS) is 16.7. The van der Waals surface area contributed by atoms with E-state index in [1.165, 1.54) is 117 Å². The van der Waals surface area contributed by atoms with Gasteiger partial charge in [-0.3, -0.25) is 24.5 Å². The van der Waals surface area contributed by atoms with Gasteiger partial charge in [-0.05, 0) is 336 Å². The molecule has 5 aliphatic heterocycles. The fraction of sp³-hybridized carbons (Fsp3) is 0.464. The van der Waals surface area contributed by atoms with E-state index in [0.717, 1.165) is 172 Å². The Morgan fingerprint density at radius 1 is 0.271 bits per heavy atom. The first-order valence-electron chi connectivity index (χ1n) is 42.8. The standard InChI is InChI=1S/C21H25NO3.C20H23NO3.3C20H23NO2.11CH4.4Y/c1-4-22-9-8-14-10-15(25-5-2)12-16-19(14)17(22)11-13-6-7-18(23)21(24-3)20(13)16;1-4-24-14-9-13-7-8-21(2)16-10-12-5-6-17(22)20(23-3)19(12)15(11-14)18(13)16;3*1-4-23-15-10-14-8-9-21(2)17-11-13-6-5-7-18(22-3)20(13)16(12-15)19(14)17;;;;;;;;;;;;;;;/h6-7,10,12,17,23H,4-5,8-9,11H2,1-3H3;5-6,9,11,16,22H,4,7-8,10H2,1-3H3;3*5-7,10,12,17H,4,8-9,11H2,1-3H3;11*1H4;;;;/t17-;16-;3*17-;;;;;;;;;;;;;;;/m11111.............../s1. The number of aromatic hydroxyl groups is 2. The van der Waals surface area contributed by atoms with Crippen molar-refractivity contribution in [2.75, 3.05) is 136 Å². The van der Waals surface area contributed by atoms with Crippen molar-refractivity contribution in [1.82, 2.24) is 24.5 Å². The third kappa shape index (κ3) is 24.4. The Hall–Kier alpha value is -5.98. The molecular weight excluding hydrogens is 1960 g/mol. The zero-order chi connectivity index (χ0) is 82.3. The summed E-state index contributed by atoms with van der Waals surface area (Å²) in [6.45, 7) is 22.2. The Morgan fingerprint density at radius 2 is 0.496 bits per heavy atom. The van der Waals surface area contributed by atoms with E-state index in [0.29, 0.717) is 74.7 Å². The molecule has 718 valence electrons. The summed E-state index contributed by atoms with van der Waals surface area (Å²) >= 11 is 0. The molecule has 5 aliphatic carbocycles. The quantitative estimate of drug-likeness (QED) is 0.0944. The minimum absolute atomic E-state index is 0. The molecule has 10 aromatic carbocycles. The van der Waals surface area contributed by atoms with Crippen LogP contribution in [0.2, 0.25) is 0 Å². The van der Waals surface area contributed by atoms with Crippen LogP contribution in [0.25, 0.3) is 55.6 Å². The molecule has 20 rings (SSSR count). The Balaban J connectivity index is 0.000000809. The van der Waals surface area contributed by atoms with Crippen LogP contribution < -0.4 is 47.4 Å². The summed E-state index contributed by atoms with van der Waals surface area (Å²) in [7, 11) is 17.4. The van der Waals surface area contributed by atoms with Crippen LogP contribution in [-0.2, 0) is 195 Å². The number of methoxy groups -OCH3 is 5. The molecule has 2 N–H and O–H groups in total. The minimum Gasteiger partial charge on any atom is -0.504 e. The number of rotatable bonds is 16. The Bertz CT molecular complexity index is 5130. The first-order valence-corrected chi connectivity index (χ1v) is 42.8. The molecule has 21 heteroatoms. The van der Waals surface area contributed by atoms with Crippen molar-refractivity contribution in [3.05, 3.63) is 223 Å². The number of ether oxygens (including phenoxy) is 10. The van der Waals surface area contributed by atoms with Gasteiger partial charge in [0.1, 0.15) is 46.0 Å². The molecule has 133 heavy (non-hydrogen) atoms. The maximum atomic E-state index is 10.3. The predicted octanol–water partition coefficient (Wildman–Crippen LogP) is 26.0. The third-order valence-electron chi connectivity index (χ3n) is 26.3. The number of nitrogens with zero attached hydrogens (tertiary/aromatic N) is 5. The van der Waals surface area contributed by atoms with Gasteiger partial charge in [0.2, 0.25) is 0 Å². The van der Waals surface area contributed by atoms with Gasteiger partial charge in [0.15, 0.2) is 23.0 Å². The number of hydrogen-bond acceptors (Lipinski definition) is 17. The van der Waals surface area contributed by atoms with Gasteiger partial charge in [-0.25, -0.2) is 0 Å². The summed E-state index contributed by atoms with van der Waals surface area (Å²) < 4.78 is 57.3. The average molecular weight is 2130 g/mol. The van der Waals surface area contributed by atoms with Crippen LogP contribution in [0, 0.1) is 0 Å². The first-order chi connectivity index (χ1) is 57.5. The molecule has 0 saturated carbocycles. The van der Waals surface area contributed by atoms with Gasteiger partial charge in [-0.15, -0.1) is 0 Å². The summed E-state index contributed by atoms with van der Waals surface area (Å²) in [5.41, 5.74) is 32.7. The molecular formula is C112H161N5O12Y4. The smallest absolute Gasteiger partial charge is 0.168 e. The van der Waals surface area contributed by atoms with Gasteiger partial charge in [-0.2, -0.15) is 0 Å². The van der Waals surface area contributed by atoms with Crippen molar-refractivity contribution in [3.63, 3.8) is 0 Å².